The second-order valence-corrected chi connectivity index (χ2v) is 33.3. The molecular formula is C66H84S2Si. The van der Waals surface area contributed by atoms with Crippen LogP contribution in [0.2, 0.25) is 12.1 Å². The average Bonchev–Trinajstić information content (AvgIpc) is 3.58. The Labute approximate surface area is 429 Å². The molecule has 3 heteroatoms. The van der Waals surface area contributed by atoms with E-state index < -0.39 is 6.37 Å². The van der Waals surface area contributed by atoms with E-state index in [2.05, 4.69) is 256 Å². The van der Waals surface area contributed by atoms with Crippen LogP contribution in [0.25, 0.3) is 44.5 Å². The van der Waals surface area contributed by atoms with Gasteiger partial charge >= 0.3 is 0 Å². The van der Waals surface area contributed by atoms with Gasteiger partial charge in [-0.2, -0.15) is 0 Å². The first-order valence-corrected chi connectivity index (χ1v) is 32.0. The summed E-state index contributed by atoms with van der Waals surface area (Å²) in [4.78, 5) is 2.97. The largest absolute Gasteiger partial charge is 0.195 e. The zero-order valence-electron chi connectivity index (χ0n) is 45.7. The van der Waals surface area contributed by atoms with Crippen molar-refractivity contribution in [1.82, 2.24) is 0 Å². The summed E-state index contributed by atoms with van der Waals surface area (Å²) in [6.45, 7) is 43.2. The molecule has 0 atom stereocenters. The monoisotopic (exact) mass is 969 g/mol. The Kier molecular flexibility index (Phi) is 16.7. The fraction of sp³-hybridized carbons (Fsp3) is 0.424. The van der Waals surface area contributed by atoms with Crippen LogP contribution in [0.4, 0.5) is 0 Å². The molecule has 0 spiro atoms. The number of hydrogen-bond donors (Lipinski definition) is 0. The summed E-state index contributed by atoms with van der Waals surface area (Å²) in [5.41, 5.74) is 26.3. The second kappa shape index (κ2) is 21.8. The minimum absolute atomic E-state index is 0.384. The Hall–Kier alpha value is -4.02. The van der Waals surface area contributed by atoms with E-state index in [0.29, 0.717) is 47.3 Å². The number of benzene rings is 6. The molecule has 364 valence electrons. The van der Waals surface area contributed by atoms with Gasteiger partial charge in [-0.05, 0) is 162 Å². The van der Waals surface area contributed by atoms with Gasteiger partial charge in [0, 0.05) is 9.79 Å². The Morgan fingerprint density at radius 2 is 0.464 bits per heavy atom. The van der Waals surface area contributed by atoms with Crippen molar-refractivity contribution in [3.63, 3.8) is 0 Å². The van der Waals surface area contributed by atoms with E-state index in [9.17, 15) is 0 Å². The molecule has 1 aliphatic rings. The summed E-state index contributed by atoms with van der Waals surface area (Å²) in [6, 6.07) is 45.7. The maximum absolute atomic E-state index is 2.50. The Morgan fingerprint density at radius 1 is 0.290 bits per heavy atom. The molecule has 0 amide bonds. The Morgan fingerprint density at radius 3 is 0.638 bits per heavy atom. The molecule has 6 aromatic rings. The van der Waals surface area contributed by atoms with Gasteiger partial charge in [-0.3, -0.25) is 0 Å². The molecule has 0 fully saturated rings. The van der Waals surface area contributed by atoms with E-state index in [1.165, 1.54) is 98.8 Å². The van der Waals surface area contributed by atoms with Gasteiger partial charge in [0.05, 0.1) is 0 Å². The molecule has 0 nitrogen and oxygen atoms in total. The van der Waals surface area contributed by atoms with Crippen molar-refractivity contribution in [3.05, 3.63) is 165 Å². The van der Waals surface area contributed by atoms with Crippen molar-refractivity contribution in [1.29, 1.82) is 0 Å². The first kappa shape index (κ1) is 52.8. The van der Waals surface area contributed by atoms with Gasteiger partial charge in [0.1, 0.15) is 0 Å². The van der Waals surface area contributed by atoms with Crippen LogP contribution in [0.5, 0.6) is 0 Å². The van der Waals surface area contributed by atoms with E-state index in [0.717, 1.165) is 12.1 Å². The molecule has 6 aromatic carbocycles. The minimum atomic E-state index is -2.49. The summed E-state index contributed by atoms with van der Waals surface area (Å²) >= 11 is 4.67. The maximum atomic E-state index is 2.50. The van der Waals surface area contributed by atoms with E-state index in [4.69, 9.17) is 0 Å². The average molecular weight is 970 g/mol. The molecule has 69 heavy (non-hydrogen) atoms. The minimum Gasteiger partial charge on any atom is -0.135 e. The molecule has 0 aromatic heterocycles. The lowest BCUT2D eigenvalue weighted by atomic mass is 9.82. The van der Waals surface area contributed by atoms with Crippen LogP contribution in [-0.2, 0) is 0 Å². The van der Waals surface area contributed by atoms with Crippen molar-refractivity contribution < 1.29 is 0 Å². The highest BCUT2D eigenvalue weighted by Crippen LogP contribution is 2.61. The van der Waals surface area contributed by atoms with Crippen molar-refractivity contribution in [3.8, 4) is 44.5 Å². The van der Waals surface area contributed by atoms with Crippen molar-refractivity contribution in [2.45, 2.75) is 194 Å². The third kappa shape index (κ3) is 10.6. The highest BCUT2D eigenvalue weighted by Gasteiger charge is 2.44. The normalized spacial score (nSPS) is 14.2. The van der Waals surface area contributed by atoms with Crippen LogP contribution in [0, 0.1) is 0 Å². The first-order chi connectivity index (χ1) is 32.7. The maximum Gasteiger partial charge on any atom is 0.195 e. The molecule has 7 rings (SSSR count). The molecular weight excluding hydrogens is 885 g/mol. The van der Waals surface area contributed by atoms with Gasteiger partial charge in [0.15, 0.2) is 6.37 Å². The smallest absolute Gasteiger partial charge is 0.135 e. The topological polar surface area (TPSA) is 0 Å². The van der Waals surface area contributed by atoms with Crippen LogP contribution in [0.1, 0.15) is 216 Å². The van der Waals surface area contributed by atoms with Gasteiger partial charge in [-0.25, -0.2) is 0 Å². The summed E-state index contributed by atoms with van der Waals surface area (Å²) in [7, 11) is 0. The van der Waals surface area contributed by atoms with E-state index in [-0.39, 0.29) is 0 Å². The Bertz CT molecular complexity index is 2370. The van der Waals surface area contributed by atoms with Crippen LogP contribution in [0.15, 0.2) is 130 Å². The molecule has 0 N–H and O–H groups in total. The fourth-order valence-corrected chi connectivity index (χ4v) is 24.8. The SMILES string of the molecule is CC1=C(C)C[Si](Sc2c(-c3c(C(C)C)cccc3C(C)C)cccc2-c2c(C(C)C)cccc2C(C)C)(Sc2c(-c3c(C(C)C)cccc3C(C)C)cccc2-c2c(C(C)C)cccc2C(C)C)C1. The lowest BCUT2D eigenvalue weighted by Gasteiger charge is -2.33. The molecule has 0 saturated heterocycles. The summed E-state index contributed by atoms with van der Waals surface area (Å²) in [5, 5.41) is 0. The van der Waals surface area contributed by atoms with Crippen LogP contribution < -0.4 is 0 Å². The second-order valence-electron chi connectivity index (χ2n) is 22.9. The van der Waals surface area contributed by atoms with Crippen molar-refractivity contribution >= 4 is 28.8 Å². The number of hydrogen-bond acceptors (Lipinski definition) is 2. The number of allylic oxidation sites excluding steroid dienone is 2. The third-order valence-electron chi connectivity index (χ3n) is 15.0. The molecule has 0 bridgehead atoms. The van der Waals surface area contributed by atoms with Gasteiger partial charge < -0.3 is 0 Å². The molecule has 0 unspecified atom stereocenters. The van der Waals surface area contributed by atoms with Crippen LogP contribution in [-0.4, -0.2) is 6.37 Å². The van der Waals surface area contributed by atoms with E-state index in [1.807, 2.05) is 0 Å². The van der Waals surface area contributed by atoms with Crippen LogP contribution in [0.3, 0.4) is 0 Å². The van der Waals surface area contributed by atoms with Gasteiger partial charge in [-0.1, -0.05) is 231 Å². The zero-order chi connectivity index (χ0) is 50.2. The predicted octanol–water partition coefficient (Wildman–Crippen LogP) is 22.0. The number of rotatable bonds is 16. The molecule has 0 radical (unpaired) electrons. The molecule has 0 saturated carbocycles. The van der Waals surface area contributed by atoms with Gasteiger partial charge in [-0.15, -0.1) is 22.4 Å². The summed E-state index contributed by atoms with van der Waals surface area (Å²) in [6.07, 6.45) is -2.49. The fourth-order valence-electron chi connectivity index (χ4n) is 11.2. The molecule has 0 aliphatic carbocycles. The predicted molar refractivity (Wildman–Crippen MR) is 313 cm³/mol. The highest BCUT2D eigenvalue weighted by atomic mass is 32.6. The zero-order valence-corrected chi connectivity index (χ0v) is 48.4. The highest BCUT2D eigenvalue weighted by molar-refractivity contribution is 8.58. The van der Waals surface area contributed by atoms with Crippen molar-refractivity contribution in [2.24, 2.45) is 0 Å². The van der Waals surface area contributed by atoms with Crippen LogP contribution >= 0.6 is 22.4 Å². The summed E-state index contributed by atoms with van der Waals surface area (Å²) < 4.78 is 0. The lowest BCUT2D eigenvalue weighted by Crippen LogP contribution is -2.24. The van der Waals surface area contributed by atoms with Gasteiger partial charge in [0.25, 0.3) is 0 Å². The lowest BCUT2D eigenvalue weighted by molar-refractivity contribution is 0.835. The van der Waals surface area contributed by atoms with E-state index >= 15 is 0 Å². The quantitative estimate of drug-likeness (QED) is 0.0700. The Balaban J connectivity index is 1.64. The molecule has 1 heterocycles. The molecule has 1 aliphatic heterocycles. The summed E-state index contributed by atoms with van der Waals surface area (Å²) in [5.74, 6) is 3.07. The van der Waals surface area contributed by atoms with Gasteiger partial charge in [0.2, 0.25) is 0 Å². The first-order valence-electron chi connectivity index (χ1n) is 26.5. The van der Waals surface area contributed by atoms with E-state index in [1.54, 1.807) is 11.1 Å². The third-order valence-corrected chi connectivity index (χ3v) is 25.8. The standard InChI is InChI=1S/C66H84S2Si/c1-39(2)49-25-19-26-50(40(3)4)61(49)57-33-23-34-58(62-51(41(5)6)27-20-28-52(62)42(7)8)65(57)67-69(37-47(17)48(18)38-69)68-66-59(63-53(43(9)10)29-21-30-54(63)44(11)12)35-24-36-60(66)64-55(45(13)14)31-22-32-56(64)46(15)16/h19-36,39-46H,37-38H2,1-18H3. The van der Waals surface area contributed by atoms with Crippen molar-refractivity contribution in [2.75, 3.05) is 0 Å².